The number of likely N-dealkylation sites (tertiary alicyclic amines) is 1. The Morgan fingerprint density at radius 2 is 2.35 bits per heavy atom. The summed E-state index contributed by atoms with van der Waals surface area (Å²) < 4.78 is 11.5. The number of carbonyl (C=O) groups is 1. The number of nitrogens with one attached hydrogen (secondary N) is 1. The molecule has 1 aromatic rings. The average molecular weight is 341 g/mol. The number of carbonyl (C=O) groups excluding carboxylic acids is 1. The summed E-state index contributed by atoms with van der Waals surface area (Å²) in [4.78, 5) is 14.6. The van der Waals surface area contributed by atoms with Crippen LogP contribution in [0.2, 0.25) is 0 Å². The maximum atomic E-state index is 12.7. The first-order valence-corrected chi connectivity index (χ1v) is 7.54. The number of fused-ring (bicyclic) bond motifs is 1. The molecule has 5 nitrogen and oxygen atoms in total. The van der Waals surface area contributed by atoms with Gasteiger partial charge in [0.15, 0.2) is 11.5 Å². The molecule has 6 heteroatoms. The molecule has 2 heterocycles. The molecule has 1 atom stereocenters. The highest BCUT2D eigenvalue weighted by Crippen LogP contribution is 2.40. The third kappa shape index (κ3) is 2.38. The van der Waals surface area contributed by atoms with Gasteiger partial charge >= 0.3 is 0 Å². The summed E-state index contributed by atoms with van der Waals surface area (Å²) in [6.07, 6.45) is 2.11. The molecular formula is C14H17BrN2O3. The first-order valence-electron chi connectivity index (χ1n) is 6.75. The minimum atomic E-state index is 0.0572. The van der Waals surface area contributed by atoms with Gasteiger partial charge in [0.1, 0.15) is 0 Å². The fraction of sp³-hybridized carbons (Fsp3) is 0.500. The van der Waals surface area contributed by atoms with Crippen LogP contribution in [-0.4, -0.2) is 43.8 Å². The van der Waals surface area contributed by atoms with Crippen LogP contribution in [0.25, 0.3) is 0 Å². The molecule has 2 aliphatic rings. The lowest BCUT2D eigenvalue weighted by molar-refractivity contribution is 0.0736. The van der Waals surface area contributed by atoms with Crippen LogP contribution in [0.1, 0.15) is 23.2 Å². The van der Waals surface area contributed by atoms with Gasteiger partial charge in [-0.25, -0.2) is 0 Å². The van der Waals surface area contributed by atoms with Gasteiger partial charge in [0.2, 0.25) is 6.79 Å². The fourth-order valence-electron chi connectivity index (χ4n) is 2.81. The number of nitrogens with zero attached hydrogens (tertiary/aromatic N) is 1. The molecular weight excluding hydrogens is 324 g/mol. The molecule has 0 bridgehead atoms. The zero-order valence-corrected chi connectivity index (χ0v) is 12.9. The maximum Gasteiger partial charge on any atom is 0.254 e. The summed E-state index contributed by atoms with van der Waals surface area (Å²) in [7, 11) is 1.91. The largest absolute Gasteiger partial charge is 0.454 e. The van der Waals surface area contributed by atoms with Gasteiger partial charge in [0, 0.05) is 24.7 Å². The van der Waals surface area contributed by atoms with E-state index < -0.39 is 0 Å². The summed E-state index contributed by atoms with van der Waals surface area (Å²) in [5.74, 6) is 1.36. The Kier molecular flexibility index (Phi) is 3.85. The van der Waals surface area contributed by atoms with Crippen LogP contribution in [0.5, 0.6) is 11.5 Å². The molecule has 3 rings (SSSR count). The van der Waals surface area contributed by atoms with Gasteiger partial charge in [-0.2, -0.15) is 0 Å². The lowest BCUT2D eigenvalue weighted by Gasteiger charge is -2.24. The Morgan fingerprint density at radius 1 is 1.50 bits per heavy atom. The van der Waals surface area contributed by atoms with E-state index in [9.17, 15) is 4.79 Å². The van der Waals surface area contributed by atoms with Gasteiger partial charge < -0.3 is 19.7 Å². The SMILES string of the molecule is CNCC1CCCN1C(=O)c1cc(Br)c2c(c1)OCO2. The predicted molar refractivity (Wildman–Crippen MR) is 78.3 cm³/mol. The molecule has 1 unspecified atom stereocenters. The monoisotopic (exact) mass is 340 g/mol. The second-order valence-corrected chi connectivity index (χ2v) is 5.90. The van der Waals surface area contributed by atoms with Gasteiger partial charge in [-0.1, -0.05) is 0 Å². The number of benzene rings is 1. The Bertz CT molecular complexity index is 535. The van der Waals surface area contributed by atoms with Crippen molar-refractivity contribution in [3.8, 4) is 11.5 Å². The zero-order chi connectivity index (χ0) is 14.1. The third-order valence-corrected chi connectivity index (χ3v) is 4.34. The number of rotatable bonds is 3. The minimum Gasteiger partial charge on any atom is -0.454 e. The van der Waals surface area contributed by atoms with Gasteiger partial charge in [0.25, 0.3) is 5.91 Å². The van der Waals surface area contributed by atoms with E-state index >= 15 is 0 Å². The molecule has 2 aliphatic heterocycles. The number of amides is 1. The van der Waals surface area contributed by atoms with Crippen molar-refractivity contribution in [2.45, 2.75) is 18.9 Å². The van der Waals surface area contributed by atoms with Crippen LogP contribution in [0.3, 0.4) is 0 Å². The van der Waals surface area contributed by atoms with Crippen molar-refractivity contribution in [2.24, 2.45) is 0 Å². The molecule has 0 aromatic heterocycles. The molecule has 0 saturated carbocycles. The van der Waals surface area contributed by atoms with E-state index in [1.54, 1.807) is 6.07 Å². The third-order valence-electron chi connectivity index (χ3n) is 3.75. The summed E-state index contributed by atoms with van der Waals surface area (Å²) in [5, 5.41) is 3.15. The molecule has 1 fully saturated rings. The second-order valence-electron chi connectivity index (χ2n) is 5.04. The van der Waals surface area contributed by atoms with Crippen LogP contribution in [0, 0.1) is 0 Å². The Morgan fingerprint density at radius 3 is 3.15 bits per heavy atom. The van der Waals surface area contributed by atoms with Crippen molar-refractivity contribution in [1.29, 1.82) is 0 Å². The Balaban J connectivity index is 1.85. The second kappa shape index (κ2) is 5.61. The molecule has 1 saturated heterocycles. The molecule has 1 amide bonds. The highest BCUT2D eigenvalue weighted by molar-refractivity contribution is 9.10. The first kappa shape index (κ1) is 13.7. The van der Waals surface area contributed by atoms with Crippen molar-refractivity contribution in [3.63, 3.8) is 0 Å². The van der Waals surface area contributed by atoms with E-state index in [-0.39, 0.29) is 18.7 Å². The smallest absolute Gasteiger partial charge is 0.254 e. The normalized spacial score (nSPS) is 20.5. The van der Waals surface area contributed by atoms with E-state index in [0.29, 0.717) is 17.1 Å². The number of ether oxygens (including phenoxy) is 2. The molecule has 0 aliphatic carbocycles. The van der Waals surface area contributed by atoms with Gasteiger partial charge in [-0.3, -0.25) is 4.79 Å². The van der Waals surface area contributed by atoms with E-state index in [4.69, 9.17) is 9.47 Å². The minimum absolute atomic E-state index is 0.0572. The number of halogens is 1. The lowest BCUT2D eigenvalue weighted by Crippen LogP contribution is -2.40. The quantitative estimate of drug-likeness (QED) is 0.914. The molecule has 0 radical (unpaired) electrons. The van der Waals surface area contributed by atoms with Crippen molar-refractivity contribution < 1.29 is 14.3 Å². The molecule has 1 aromatic carbocycles. The first-order chi connectivity index (χ1) is 9.70. The van der Waals surface area contributed by atoms with Crippen LogP contribution in [-0.2, 0) is 0 Å². The van der Waals surface area contributed by atoms with Crippen molar-refractivity contribution in [1.82, 2.24) is 10.2 Å². The van der Waals surface area contributed by atoms with Gasteiger partial charge in [-0.05, 0) is 48.0 Å². The highest BCUT2D eigenvalue weighted by Gasteiger charge is 2.30. The Labute approximate surface area is 126 Å². The summed E-state index contributed by atoms with van der Waals surface area (Å²) in [6, 6.07) is 3.85. The summed E-state index contributed by atoms with van der Waals surface area (Å²) in [6.45, 7) is 1.85. The van der Waals surface area contributed by atoms with E-state index in [0.717, 1.165) is 30.4 Å². The van der Waals surface area contributed by atoms with E-state index in [2.05, 4.69) is 21.2 Å². The van der Waals surface area contributed by atoms with Gasteiger partial charge in [0.05, 0.1) is 4.47 Å². The summed E-state index contributed by atoms with van der Waals surface area (Å²) >= 11 is 3.43. The number of hydrogen-bond acceptors (Lipinski definition) is 4. The van der Waals surface area contributed by atoms with E-state index in [1.807, 2.05) is 18.0 Å². The van der Waals surface area contributed by atoms with Crippen LogP contribution >= 0.6 is 15.9 Å². The van der Waals surface area contributed by atoms with Crippen molar-refractivity contribution >= 4 is 21.8 Å². The number of likely N-dealkylation sites (N-methyl/N-ethyl adjacent to an activating group) is 1. The molecule has 1 N–H and O–H groups in total. The molecule has 0 spiro atoms. The van der Waals surface area contributed by atoms with Crippen molar-refractivity contribution in [2.75, 3.05) is 26.9 Å². The molecule has 108 valence electrons. The highest BCUT2D eigenvalue weighted by atomic mass is 79.9. The van der Waals surface area contributed by atoms with Gasteiger partial charge in [-0.15, -0.1) is 0 Å². The Hall–Kier alpha value is -1.27. The lowest BCUT2D eigenvalue weighted by atomic mass is 10.1. The van der Waals surface area contributed by atoms with Crippen LogP contribution in [0.4, 0.5) is 0 Å². The standard InChI is InChI=1S/C14H17BrN2O3/c1-16-7-10-3-2-4-17(10)14(18)9-5-11(15)13-12(6-9)19-8-20-13/h5-6,10,16H,2-4,7-8H2,1H3. The zero-order valence-electron chi connectivity index (χ0n) is 11.3. The van der Waals surface area contributed by atoms with E-state index in [1.165, 1.54) is 0 Å². The number of hydrogen-bond donors (Lipinski definition) is 1. The molecule has 20 heavy (non-hydrogen) atoms. The van der Waals surface area contributed by atoms with Crippen LogP contribution in [0.15, 0.2) is 16.6 Å². The van der Waals surface area contributed by atoms with Crippen molar-refractivity contribution in [3.05, 3.63) is 22.2 Å². The predicted octanol–water partition coefficient (Wildman–Crippen LogP) is 2.00. The summed E-state index contributed by atoms with van der Waals surface area (Å²) in [5.41, 5.74) is 0.643. The average Bonchev–Trinajstić information content (AvgIpc) is 3.07. The van der Waals surface area contributed by atoms with Crippen LogP contribution < -0.4 is 14.8 Å². The fourth-order valence-corrected chi connectivity index (χ4v) is 3.36. The topological polar surface area (TPSA) is 50.8 Å². The maximum absolute atomic E-state index is 12.7.